The maximum Gasteiger partial charge on any atom is 0.251 e. The first-order valence-corrected chi connectivity index (χ1v) is 9.09. The van der Waals surface area contributed by atoms with Gasteiger partial charge >= 0.3 is 0 Å². The number of piperidine rings is 1. The molecule has 0 radical (unpaired) electrons. The van der Waals surface area contributed by atoms with Gasteiger partial charge in [-0.3, -0.25) is 14.7 Å². The van der Waals surface area contributed by atoms with E-state index in [2.05, 4.69) is 14.9 Å². The second-order valence-corrected chi connectivity index (χ2v) is 6.94. The maximum atomic E-state index is 12.2. The van der Waals surface area contributed by atoms with Gasteiger partial charge in [-0.2, -0.15) is 0 Å². The SMILES string of the molecule is O=c1cc([C@H]2CCCCN2C2CCCC2)nc(-c2ccncc2)[nH]1. The zero-order chi connectivity index (χ0) is 16.4. The van der Waals surface area contributed by atoms with Gasteiger partial charge in [-0.1, -0.05) is 19.3 Å². The lowest BCUT2D eigenvalue weighted by molar-refractivity contribution is 0.0942. The molecule has 1 aliphatic heterocycles. The highest BCUT2D eigenvalue weighted by Gasteiger charge is 2.32. The summed E-state index contributed by atoms with van der Waals surface area (Å²) in [6.07, 6.45) is 12.3. The van der Waals surface area contributed by atoms with E-state index >= 15 is 0 Å². The van der Waals surface area contributed by atoms with Crippen LogP contribution in [-0.4, -0.2) is 32.4 Å². The zero-order valence-corrected chi connectivity index (χ0v) is 13.9. The molecular weight excluding hydrogens is 300 g/mol. The number of pyridine rings is 1. The van der Waals surface area contributed by atoms with Crippen molar-refractivity contribution in [1.29, 1.82) is 0 Å². The van der Waals surface area contributed by atoms with E-state index in [1.807, 2.05) is 12.1 Å². The van der Waals surface area contributed by atoms with Crippen LogP contribution in [0.3, 0.4) is 0 Å². The lowest BCUT2D eigenvalue weighted by Gasteiger charge is -2.39. The van der Waals surface area contributed by atoms with Gasteiger partial charge in [-0.05, 0) is 44.4 Å². The summed E-state index contributed by atoms with van der Waals surface area (Å²) in [5, 5.41) is 0. The van der Waals surface area contributed by atoms with E-state index in [4.69, 9.17) is 4.98 Å². The third-order valence-corrected chi connectivity index (χ3v) is 5.39. The van der Waals surface area contributed by atoms with Crippen LogP contribution in [0.2, 0.25) is 0 Å². The average Bonchev–Trinajstić information content (AvgIpc) is 3.16. The first-order valence-electron chi connectivity index (χ1n) is 9.09. The van der Waals surface area contributed by atoms with Gasteiger partial charge in [-0.15, -0.1) is 0 Å². The predicted octanol–water partition coefficient (Wildman–Crippen LogP) is 3.30. The van der Waals surface area contributed by atoms with Crippen LogP contribution in [0.15, 0.2) is 35.4 Å². The summed E-state index contributed by atoms with van der Waals surface area (Å²) in [6.45, 7) is 1.13. The molecule has 0 unspecified atom stereocenters. The number of nitrogens with one attached hydrogen (secondary N) is 1. The summed E-state index contributed by atoms with van der Waals surface area (Å²) in [5.74, 6) is 0.650. The molecule has 1 saturated carbocycles. The molecule has 1 atom stereocenters. The van der Waals surface area contributed by atoms with Crippen LogP contribution < -0.4 is 5.56 Å². The Kier molecular flexibility index (Phi) is 4.43. The Morgan fingerprint density at radius 2 is 1.79 bits per heavy atom. The number of aromatic amines is 1. The summed E-state index contributed by atoms with van der Waals surface area (Å²) < 4.78 is 0. The van der Waals surface area contributed by atoms with E-state index in [1.165, 1.54) is 38.5 Å². The zero-order valence-electron chi connectivity index (χ0n) is 13.9. The lowest BCUT2D eigenvalue weighted by atomic mass is 9.96. The van der Waals surface area contributed by atoms with E-state index in [1.54, 1.807) is 18.5 Å². The molecule has 5 nitrogen and oxygen atoms in total. The van der Waals surface area contributed by atoms with Crippen molar-refractivity contribution in [3.63, 3.8) is 0 Å². The number of nitrogens with zero attached hydrogens (tertiary/aromatic N) is 3. The van der Waals surface area contributed by atoms with Crippen LogP contribution >= 0.6 is 0 Å². The molecule has 2 aromatic rings. The number of likely N-dealkylation sites (tertiary alicyclic amines) is 1. The highest BCUT2D eigenvalue weighted by Crippen LogP contribution is 2.36. The van der Waals surface area contributed by atoms with Gasteiger partial charge in [0.25, 0.3) is 5.56 Å². The van der Waals surface area contributed by atoms with Gasteiger partial charge in [0.1, 0.15) is 5.82 Å². The fraction of sp³-hybridized carbons (Fsp3) is 0.526. The maximum absolute atomic E-state index is 12.2. The molecule has 0 amide bonds. The Morgan fingerprint density at radius 3 is 2.58 bits per heavy atom. The lowest BCUT2D eigenvalue weighted by Crippen LogP contribution is -2.40. The third kappa shape index (κ3) is 3.13. The van der Waals surface area contributed by atoms with Gasteiger partial charge in [0.05, 0.1) is 11.7 Å². The Morgan fingerprint density at radius 1 is 1.04 bits per heavy atom. The molecule has 4 rings (SSSR count). The Labute approximate surface area is 142 Å². The molecule has 2 fully saturated rings. The molecule has 0 aromatic carbocycles. The fourth-order valence-electron chi connectivity index (χ4n) is 4.24. The Hall–Kier alpha value is -2.01. The van der Waals surface area contributed by atoms with E-state index in [0.717, 1.165) is 24.2 Å². The highest BCUT2D eigenvalue weighted by atomic mass is 16.1. The fourth-order valence-corrected chi connectivity index (χ4v) is 4.24. The molecular formula is C19H24N4O. The van der Waals surface area contributed by atoms with E-state index < -0.39 is 0 Å². The van der Waals surface area contributed by atoms with Crippen molar-refractivity contribution in [1.82, 2.24) is 19.9 Å². The van der Waals surface area contributed by atoms with Gasteiger partial charge in [-0.25, -0.2) is 4.98 Å². The van der Waals surface area contributed by atoms with Gasteiger partial charge in [0, 0.05) is 30.1 Å². The smallest absolute Gasteiger partial charge is 0.251 e. The molecule has 0 bridgehead atoms. The first-order chi connectivity index (χ1) is 11.8. The molecule has 126 valence electrons. The van der Waals surface area contributed by atoms with Crippen molar-refractivity contribution in [2.45, 2.75) is 57.0 Å². The van der Waals surface area contributed by atoms with Crippen LogP contribution in [0.4, 0.5) is 0 Å². The van der Waals surface area contributed by atoms with Crippen molar-refractivity contribution in [2.75, 3.05) is 6.54 Å². The van der Waals surface area contributed by atoms with Crippen molar-refractivity contribution < 1.29 is 0 Å². The minimum Gasteiger partial charge on any atom is -0.307 e. The summed E-state index contributed by atoms with van der Waals surface area (Å²) in [5.41, 5.74) is 1.77. The number of H-pyrrole nitrogens is 1. The average molecular weight is 324 g/mol. The normalized spacial score (nSPS) is 22.8. The van der Waals surface area contributed by atoms with Crippen molar-refractivity contribution >= 4 is 0 Å². The number of rotatable bonds is 3. The second-order valence-electron chi connectivity index (χ2n) is 6.94. The van der Waals surface area contributed by atoms with Crippen molar-refractivity contribution in [2.24, 2.45) is 0 Å². The van der Waals surface area contributed by atoms with E-state index in [-0.39, 0.29) is 11.6 Å². The summed E-state index contributed by atoms with van der Waals surface area (Å²) in [4.78, 5) is 26.6. The van der Waals surface area contributed by atoms with Gasteiger partial charge < -0.3 is 4.98 Å². The molecule has 2 aliphatic rings. The van der Waals surface area contributed by atoms with Gasteiger partial charge in [0.2, 0.25) is 0 Å². The Balaban J connectivity index is 1.69. The standard InChI is InChI=1S/C19H24N4O/c24-18-13-16(21-19(22-18)14-8-10-20-11-9-14)17-7-3-4-12-23(17)15-5-1-2-6-15/h8-11,13,15,17H,1-7,12H2,(H,21,22,24)/t17-/m1/s1. The quantitative estimate of drug-likeness (QED) is 0.941. The first kappa shape index (κ1) is 15.5. The topological polar surface area (TPSA) is 61.9 Å². The molecule has 1 N–H and O–H groups in total. The number of hydrogen-bond donors (Lipinski definition) is 1. The molecule has 3 heterocycles. The van der Waals surface area contributed by atoms with Crippen LogP contribution in [0.1, 0.15) is 56.7 Å². The highest BCUT2D eigenvalue weighted by molar-refractivity contribution is 5.53. The van der Waals surface area contributed by atoms with Crippen LogP contribution in [0, 0.1) is 0 Å². The molecule has 5 heteroatoms. The molecule has 1 saturated heterocycles. The third-order valence-electron chi connectivity index (χ3n) is 5.39. The van der Waals surface area contributed by atoms with E-state index in [0.29, 0.717) is 11.9 Å². The largest absolute Gasteiger partial charge is 0.307 e. The van der Waals surface area contributed by atoms with Crippen LogP contribution in [0.5, 0.6) is 0 Å². The Bertz CT molecular complexity index is 737. The minimum absolute atomic E-state index is 0.0660. The molecule has 2 aromatic heterocycles. The van der Waals surface area contributed by atoms with Crippen LogP contribution in [-0.2, 0) is 0 Å². The minimum atomic E-state index is -0.0660. The molecule has 0 spiro atoms. The number of aromatic nitrogens is 3. The second kappa shape index (κ2) is 6.85. The number of hydrogen-bond acceptors (Lipinski definition) is 4. The summed E-state index contributed by atoms with van der Waals surface area (Å²) in [7, 11) is 0. The van der Waals surface area contributed by atoms with Crippen molar-refractivity contribution in [3.8, 4) is 11.4 Å². The summed E-state index contributed by atoms with van der Waals surface area (Å²) >= 11 is 0. The molecule has 1 aliphatic carbocycles. The summed E-state index contributed by atoms with van der Waals surface area (Å²) in [6, 6.07) is 6.42. The van der Waals surface area contributed by atoms with Gasteiger partial charge in [0.15, 0.2) is 0 Å². The van der Waals surface area contributed by atoms with E-state index in [9.17, 15) is 4.79 Å². The van der Waals surface area contributed by atoms with Crippen LogP contribution in [0.25, 0.3) is 11.4 Å². The molecule has 24 heavy (non-hydrogen) atoms. The van der Waals surface area contributed by atoms with Crippen molar-refractivity contribution in [3.05, 3.63) is 46.6 Å². The monoisotopic (exact) mass is 324 g/mol. The predicted molar refractivity (Wildman–Crippen MR) is 93.6 cm³/mol.